The molecule has 4 rings (SSSR count). The molecule has 0 amide bonds. The summed E-state index contributed by atoms with van der Waals surface area (Å²) >= 11 is 3.30. The average molecular weight is 338 g/mol. The van der Waals surface area contributed by atoms with Crippen molar-refractivity contribution in [2.75, 3.05) is 30.1 Å². The number of rotatable bonds is 0. The topological polar surface area (TPSA) is 28.6 Å². The Morgan fingerprint density at radius 1 is 1.50 bits per heavy atom. The van der Waals surface area contributed by atoms with Gasteiger partial charge in [-0.2, -0.15) is 0 Å². The van der Waals surface area contributed by atoms with Gasteiger partial charge < -0.3 is 14.5 Å². The lowest BCUT2D eigenvalue weighted by Gasteiger charge is -2.24. The van der Waals surface area contributed by atoms with Crippen LogP contribution in [0, 0.1) is 5.82 Å². The second-order valence-corrected chi connectivity index (χ2v) is 6.15. The Balaban J connectivity index is 2.17. The fourth-order valence-electron chi connectivity index (χ4n) is 2.98. The van der Waals surface area contributed by atoms with Crippen LogP contribution in [0.4, 0.5) is 15.8 Å². The van der Waals surface area contributed by atoms with Crippen LogP contribution >= 0.6 is 15.9 Å². The van der Waals surface area contributed by atoms with Crippen molar-refractivity contribution in [2.24, 2.45) is 0 Å². The third-order valence-electron chi connectivity index (χ3n) is 4.02. The minimum absolute atomic E-state index is 0.228. The Morgan fingerprint density at radius 2 is 2.30 bits per heavy atom. The number of aromatic nitrogens is 1. The lowest BCUT2D eigenvalue weighted by atomic mass is 10.1. The van der Waals surface area contributed by atoms with Gasteiger partial charge in [0.2, 0.25) is 0 Å². The Kier molecular flexibility index (Phi) is 2.42. The summed E-state index contributed by atoms with van der Waals surface area (Å²) < 4.78 is 20.2. The first-order valence-electron chi connectivity index (χ1n) is 6.49. The molecule has 2 aromatic rings. The molecule has 0 aliphatic carbocycles. The molecule has 0 spiro atoms. The van der Waals surface area contributed by atoms with E-state index in [1.807, 2.05) is 13.2 Å². The first-order chi connectivity index (χ1) is 9.58. The zero-order valence-electron chi connectivity index (χ0n) is 11.2. The highest BCUT2D eigenvalue weighted by Crippen LogP contribution is 2.49. The zero-order valence-corrected chi connectivity index (χ0v) is 12.7. The Labute approximate surface area is 124 Å². The molecule has 104 valence electrons. The third-order valence-corrected chi connectivity index (χ3v) is 4.76. The maximum absolute atomic E-state index is 14.0. The molecule has 0 N–H and O–H groups in total. The van der Waals surface area contributed by atoms with Crippen molar-refractivity contribution in [3.05, 3.63) is 22.6 Å². The molecular weight excluding hydrogens is 325 g/mol. The molecule has 1 aromatic heterocycles. The minimum atomic E-state index is -0.340. The highest BCUT2D eigenvalue weighted by atomic mass is 79.9. The van der Waals surface area contributed by atoms with Gasteiger partial charge in [0.1, 0.15) is 18.2 Å². The van der Waals surface area contributed by atoms with Gasteiger partial charge in [-0.15, -0.1) is 0 Å². The summed E-state index contributed by atoms with van der Waals surface area (Å²) in [6.07, 6.45) is 1.81. The molecule has 4 nitrogen and oxygen atoms in total. The van der Waals surface area contributed by atoms with E-state index in [2.05, 4.69) is 37.6 Å². The number of hydrogen-bond donors (Lipinski definition) is 0. The highest BCUT2D eigenvalue weighted by molar-refractivity contribution is 9.10. The number of halogens is 2. The number of benzene rings is 1. The average Bonchev–Trinajstić information content (AvgIpc) is 2.69. The van der Waals surface area contributed by atoms with Crippen molar-refractivity contribution in [1.82, 2.24) is 4.98 Å². The molecule has 1 aromatic carbocycles. The van der Waals surface area contributed by atoms with E-state index in [1.165, 1.54) is 6.07 Å². The fraction of sp³-hybridized carbons (Fsp3) is 0.357. The van der Waals surface area contributed by atoms with Gasteiger partial charge in [-0.05, 0) is 22.9 Å². The molecule has 0 fully saturated rings. The Bertz CT molecular complexity index is 736. The summed E-state index contributed by atoms with van der Waals surface area (Å²) in [7, 11) is 2.04. The van der Waals surface area contributed by atoms with Gasteiger partial charge in [0.05, 0.1) is 45.7 Å². The first-order valence-corrected chi connectivity index (χ1v) is 7.28. The van der Waals surface area contributed by atoms with E-state index in [1.54, 1.807) is 0 Å². The predicted molar refractivity (Wildman–Crippen MR) is 80.1 cm³/mol. The second-order valence-electron chi connectivity index (χ2n) is 5.36. The summed E-state index contributed by atoms with van der Waals surface area (Å²) in [5.41, 5.74) is 2.79. The van der Waals surface area contributed by atoms with Gasteiger partial charge in [-0.3, -0.25) is 4.98 Å². The van der Waals surface area contributed by atoms with Crippen LogP contribution in [0.2, 0.25) is 0 Å². The molecule has 3 heterocycles. The molecule has 2 aliphatic rings. The van der Waals surface area contributed by atoms with E-state index in [0.717, 1.165) is 23.4 Å². The molecule has 0 radical (unpaired) electrons. The van der Waals surface area contributed by atoms with Crippen LogP contribution in [0.1, 0.15) is 6.92 Å². The summed E-state index contributed by atoms with van der Waals surface area (Å²) in [5.74, 6) is 0.224. The lowest BCUT2D eigenvalue weighted by Crippen LogP contribution is -2.38. The summed E-state index contributed by atoms with van der Waals surface area (Å²) in [6.45, 7) is 3.44. The summed E-state index contributed by atoms with van der Waals surface area (Å²) in [4.78, 5) is 8.84. The Morgan fingerprint density at radius 3 is 3.10 bits per heavy atom. The van der Waals surface area contributed by atoms with Crippen LogP contribution in [-0.4, -0.2) is 31.3 Å². The lowest BCUT2D eigenvalue weighted by molar-refractivity contribution is 0.295. The van der Waals surface area contributed by atoms with Crippen LogP contribution in [0.3, 0.4) is 0 Å². The number of anilines is 2. The van der Waals surface area contributed by atoms with E-state index in [9.17, 15) is 4.39 Å². The molecular formula is C14H13BrFN3O. The normalized spacial score (nSPS) is 20.3. The molecule has 0 unspecified atom stereocenters. The van der Waals surface area contributed by atoms with Crippen LogP contribution in [0.5, 0.6) is 5.75 Å². The molecule has 6 heteroatoms. The van der Waals surface area contributed by atoms with Crippen LogP contribution in [0.25, 0.3) is 10.9 Å². The molecule has 0 saturated heterocycles. The van der Waals surface area contributed by atoms with Crippen LogP contribution in [-0.2, 0) is 0 Å². The largest absolute Gasteiger partial charge is 0.489 e. The van der Waals surface area contributed by atoms with E-state index in [4.69, 9.17) is 4.74 Å². The monoisotopic (exact) mass is 337 g/mol. The number of pyridine rings is 1. The smallest absolute Gasteiger partial charge is 0.148 e. The fourth-order valence-corrected chi connectivity index (χ4v) is 3.40. The molecule has 2 aliphatic heterocycles. The number of ether oxygens (including phenoxy) is 1. The Hall–Kier alpha value is -1.56. The van der Waals surface area contributed by atoms with E-state index in [0.29, 0.717) is 22.3 Å². The minimum Gasteiger partial charge on any atom is -0.489 e. The van der Waals surface area contributed by atoms with Crippen LogP contribution < -0.4 is 14.5 Å². The predicted octanol–water partition coefficient (Wildman–Crippen LogP) is 3.13. The number of nitrogens with zero attached hydrogens (tertiary/aromatic N) is 3. The van der Waals surface area contributed by atoms with Gasteiger partial charge >= 0.3 is 0 Å². The zero-order chi connectivity index (χ0) is 14.0. The summed E-state index contributed by atoms with van der Waals surface area (Å²) in [5, 5.41) is 0.893. The van der Waals surface area contributed by atoms with Crippen molar-refractivity contribution >= 4 is 38.2 Å². The maximum Gasteiger partial charge on any atom is 0.148 e. The molecule has 1 atom stereocenters. The van der Waals surface area contributed by atoms with Crippen LogP contribution in [0.15, 0.2) is 16.7 Å². The number of hydrogen-bond acceptors (Lipinski definition) is 4. The first kappa shape index (κ1) is 12.2. The van der Waals surface area contributed by atoms with Gasteiger partial charge in [-0.25, -0.2) is 4.39 Å². The second kappa shape index (κ2) is 3.97. The molecule has 0 bridgehead atoms. The van der Waals surface area contributed by atoms with Gasteiger partial charge in [0, 0.05) is 13.1 Å². The van der Waals surface area contributed by atoms with Crippen molar-refractivity contribution in [3.8, 4) is 5.75 Å². The molecule has 0 saturated carbocycles. The van der Waals surface area contributed by atoms with E-state index < -0.39 is 0 Å². The SMILES string of the molecule is C[C@H]1COc2c(Br)c(F)cc3ncc4c(c23)N1CN4C. The van der Waals surface area contributed by atoms with Crippen molar-refractivity contribution < 1.29 is 9.13 Å². The highest BCUT2D eigenvalue weighted by Gasteiger charge is 2.34. The summed E-state index contributed by atoms with van der Waals surface area (Å²) in [6, 6.07) is 1.69. The quantitative estimate of drug-likeness (QED) is 0.738. The van der Waals surface area contributed by atoms with E-state index in [-0.39, 0.29) is 11.9 Å². The van der Waals surface area contributed by atoms with Crippen molar-refractivity contribution in [1.29, 1.82) is 0 Å². The molecule has 20 heavy (non-hydrogen) atoms. The third kappa shape index (κ3) is 1.43. The standard InChI is InChI=1S/C14H13BrFN3O/c1-7-5-20-14-11-9(3-8(16)12(14)15)17-4-10-13(11)19(7)6-18(10)2/h3-4,7H,5-6H2,1-2H3/t7-/m0/s1. The van der Waals surface area contributed by atoms with Crippen molar-refractivity contribution in [3.63, 3.8) is 0 Å². The van der Waals surface area contributed by atoms with Gasteiger partial charge in [0.15, 0.2) is 0 Å². The van der Waals surface area contributed by atoms with Gasteiger partial charge in [-0.1, -0.05) is 0 Å². The van der Waals surface area contributed by atoms with E-state index >= 15 is 0 Å². The van der Waals surface area contributed by atoms with Gasteiger partial charge in [0.25, 0.3) is 0 Å². The van der Waals surface area contributed by atoms with Crippen molar-refractivity contribution in [2.45, 2.75) is 13.0 Å². The maximum atomic E-state index is 14.0.